The van der Waals surface area contributed by atoms with Crippen molar-refractivity contribution in [3.05, 3.63) is 72.4 Å². The van der Waals surface area contributed by atoms with E-state index in [0.717, 1.165) is 33.3 Å². The maximum absolute atomic E-state index is 11.9. The number of rotatable bonds is 5. The molecule has 0 atom stereocenters. The summed E-state index contributed by atoms with van der Waals surface area (Å²) >= 11 is 1.49. The summed E-state index contributed by atoms with van der Waals surface area (Å²) < 4.78 is 5.34. The highest BCUT2D eigenvalue weighted by Crippen LogP contribution is 2.33. The van der Waals surface area contributed by atoms with Crippen LogP contribution in [0.1, 0.15) is 26.3 Å². The van der Waals surface area contributed by atoms with Crippen molar-refractivity contribution >= 4 is 28.9 Å². The van der Waals surface area contributed by atoms with Gasteiger partial charge in [-0.1, -0.05) is 66.4 Å². The van der Waals surface area contributed by atoms with Crippen molar-refractivity contribution in [2.45, 2.75) is 38.1 Å². The van der Waals surface area contributed by atoms with Crippen LogP contribution in [0.3, 0.4) is 0 Å². The Morgan fingerprint density at radius 1 is 1.00 bits per heavy atom. The lowest BCUT2D eigenvalue weighted by Crippen LogP contribution is -2.40. The highest BCUT2D eigenvalue weighted by atomic mass is 32.2. The number of thioether (sulfide) groups is 1. The number of aromatic nitrogens is 3. The molecule has 0 aliphatic carbocycles. The molecule has 2 aromatic carbocycles. The summed E-state index contributed by atoms with van der Waals surface area (Å²) in [5, 5.41) is 4.38. The predicted molar refractivity (Wildman–Crippen MR) is 133 cm³/mol. The van der Waals surface area contributed by atoms with Crippen molar-refractivity contribution in [3.63, 3.8) is 0 Å². The molecule has 4 rings (SSSR count). The summed E-state index contributed by atoms with van der Waals surface area (Å²) in [6.45, 7) is 5.94. The lowest BCUT2D eigenvalue weighted by molar-refractivity contribution is 0.131. The topological polar surface area (TPSA) is 77.0 Å². The van der Waals surface area contributed by atoms with Crippen LogP contribution in [0.5, 0.6) is 0 Å². The van der Waals surface area contributed by atoms with E-state index in [0.29, 0.717) is 10.8 Å². The van der Waals surface area contributed by atoms with E-state index in [1.165, 1.54) is 11.8 Å². The maximum atomic E-state index is 11.9. The van der Waals surface area contributed by atoms with Gasteiger partial charge in [0.25, 0.3) is 0 Å². The number of carbonyl (C=O) groups excluding carboxylic acids is 1. The van der Waals surface area contributed by atoms with Crippen molar-refractivity contribution in [2.75, 3.05) is 6.26 Å². The van der Waals surface area contributed by atoms with Crippen molar-refractivity contribution < 1.29 is 9.53 Å². The standard InChI is InChI=1S/C26H26N4O2S/c1-26(2,3)30-25(31)32-16-17-10-12-19(13-11-17)22-21(18-8-6-5-7-9-18)14-20-15-27-24(33-4)29-23(20)28-22/h5-15H,16H2,1-4H3,(H,30,31). The minimum Gasteiger partial charge on any atom is -0.445 e. The van der Waals surface area contributed by atoms with Crippen LogP contribution in [0, 0.1) is 0 Å². The first-order valence-electron chi connectivity index (χ1n) is 10.6. The van der Waals surface area contributed by atoms with Crippen molar-refractivity contribution in [1.82, 2.24) is 20.3 Å². The van der Waals surface area contributed by atoms with E-state index in [-0.39, 0.29) is 12.1 Å². The second-order valence-corrected chi connectivity index (χ2v) is 9.44. The molecular weight excluding hydrogens is 432 g/mol. The third kappa shape index (κ3) is 5.68. The average molecular weight is 459 g/mol. The number of fused-ring (bicyclic) bond motifs is 1. The van der Waals surface area contributed by atoms with Gasteiger partial charge in [-0.15, -0.1) is 0 Å². The number of benzene rings is 2. The van der Waals surface area contributed by atoms with Gasteiger partial charge in [0.2, 0.25) is 0 Å². The monoisotopic (exact) mass is 458 g/mol. The molecule has 2 aromatic heterocycles. The molecule has 7 heteroatoms. The molecule has 0 aliphatic heterocycles. The molecule has 6 nitrogen and oxygen atoms in total. The summed E-state index contributed by atoms with van der Waals surface area (Å²) in [4.78, 5) is 25.8. The van der Waals surface area contributed by atoms with E-state index in [1.807, 2.05) is 75.7 Å². The maximum Gasteiger partial charge on any atom is 0.407 e. The number of pyridine rings is 1. The number of carbonyl (C=O) groups is 1. The second-order valence-electron chi connectivity index (χ2n) is 8.67. The van der Waals surface area contributed by atoms with Crippen molar-refractivity contribution in [3.8, 4) is 22.4 Å². The van der Waals surface area contributed by atoms with E-state index in [4.69, 9.17) is 9.72 Å². The molecular formula is C26H26N4O2S. The third-order valence-electron chi connectivity index (χ3n) is 4.89. The van der Waals surface area contributed by atoms with Gasteiger partial charge in [0.15, 0.2) is 10.8 Å². The summed E-state index contributed by atoms with van der Waals surface area (Å²) in [5.41, 5.74) is 5.11. The largest absolute Gasteiger partial charge is 0.445 e. The molecule has 0 spiro atoms. The first-order chi connectivity index (χ1) is 15.8. The molecule has 0 fully saturated rings. The Morgan fingerprint density at radius 3 is 2.39 bits per heavy atom. The molecule has 0 saturated carbocycles. The molecule has 0 radical (unpaired) electrons. The molecule has 33 heavy (non-hydrogen) atoms. The number of amides is 1. The smallest absolute Gasteiger partial charge is 0.407 e. The molecule has 0 bridgehead atoms. The van der Waals surface area contributed by atoms with E-state index in [2.05, 4.69) is 33.5 Å². The van der Waals surface area contributed by atoms with E-state index in [9.17, 15) is 4.79 Å². The van der Waals surface area contributed by atoms with Gasteiger partial charge in [-0.05, 0) is 44.2 Å². The highest BCUT2D eigenvalue weighted by Gasteiger charge is 2.15. The van der Waals surface area contributed by atoms with Crippen LogP contribution in [0.4, 0.5) is 4.79 Å². The highest BCUT2D eigenvalue weighted by molar-refractivity contribution is 7.98. The molecule has 1 amide bonds. The fourth-order valence-corrected chi connectivity index (χ4v) is 3.69. The summed E-state index contributed by atoms with van der Waals surface area (Å²) in [5.74, 6) is 0. The Labute approximate surface area is 197 Å². The molecule has 0 saturated heterocycles. The average Bonchev–Trinajstić information content (AvgIpc) is 2.81. The summed E-state index contributed by atoms with van der Waals surface area (Å²) in [6, 6.07) is 20.1. The fraction of sp³-hybridized carbons (Fsp3) is 0.231. The predicted octanol–water partition coefficient (Wildman–Crippen LogP) is 6.11. The Hall–Kier alpha value is -3.45. The molecule has 0 unspecified atom stereocenters. The van der Waals surface area contributed by atoms with E-state index >= 15 is 0 Å². The van der Waals surface area contributed by atoms with Gasteiger partial charge in [0.05, 0.1) is 5.69 Å². The van der Waals surface area contributed by atoms with E-state index < -0.39 is 6.09 Å². The molecule has 1 N–H and O–H groups in total. The van der Waals surface area contributed by atoms with Gasteiger partial charge < -0.3 is 10.1 Å². The summed E-state index contributed by atoms with van der Waals surface area (Å²) in [7, 11) is 0. The Bertz CT molecular complexity index is 1270. The van der Waals surface area contributed by atoms with Gasteiger partial charge in [0, 0.05) is 28.2 Å². The first-order valence-corrected chi connectivity index (χ1v) is 11.9. The van der Waals surface area contributed by atoms with Gasteiger partial charge in [-0.3, -0.25) is 0 Å². The number of alkyl carbamates (subject to hydrolysis) is 1. The van der Waals surface area contributed by atoms with Crippen molar-refractivity contribution in [2.24, 2.45) is 0 Å². The zero-order chi connectivity index (χ0) is 23.4. The lowest BCUT2D eigenvalue weighted by atomic mass is 9.98. The summed E-state index contributed by atoms with van der Waals surface area (Å²) in [6.07, 6.45) is 3.34. The number of hydrogen-bond acceptors (Lipinski definition) is 6. The number of nitrogens with zero attached hydrogens (tertiary/aromatic N) is 3. The zero-order valence-corrected chi connectivity index (χ0v) is 19.9. The first kappa shape index (κ1) is 22.7. The molecule has 4 aromatic rings. The second kappa shape index (κ2) is 9.58. The molecule has 168 valence electrons. The van der Waals surface area contributed by atoms with Crippen LogP contribution in [0.15, 0.2) is 72.0 Å². The molecule has 0 aliphatic rings. The van der Waals surface area contributed by atoms with Crippen LogP contribution >= 0.6 is 11.8 Å². The van der Waals surface area contributed by atoms with Crippen LogP contribution in [-0.2, 0) is 11.3 Å². The minimum absolute atomic E-state index is 0.198. The van der Waals surface area contributed by atoms with Crippen LogP contribution in [0.2, 0.25) is 0 Å². The fourth-order valence-electron chi connectivity index (χ4n) is 3.35. The Balaban J connectivity index is 1.67. The Morgan fingerprint density at radius 2 is 1.73 bits per heavy atom. The van der Waals surface area contributed by atoms with Gasteiger partial charge in [0.1, 0.15) is 6.61 Å². The quantitative estimate of drug-likeness (QED) is 0.287. The number of ether oxygens (including phenoxy) is 1. The molecule has 2 heterocycles. The SMILES string of the molecule is CSc1ncc2cc(-c3ccccc3)c(-c3ccc(COC(=O)NC(C)(C)C)cc3)nc2n1. The van der Waals surface area contributed by atoms with Gasteiger partial charge >= 0.3 is 6.09 Å². The third-order valence-corrected chi connectivity index (χ3v) is 5.45. The zero-order valence-electron chi connectivity index (χ0n) is 19.1. The Kier molecular flexibility index (Phi) is 6.60. The number of nitrogens with one attached hydrogen (secondary N) is 1. The number of hydrogen-bond donors (Lipinski definition) is 1. The normalized spacial score (nSPS) is 11.4. The van der Waals surface area contributed by atoms with Gasteiger partial charge in [-0.2, -0.15) is 0 Å². The van der Waals surface area contributed by atoms with Crippen LogP contribution in [0.25, 0.3) is 33.4 Å². The van der Waals surface area contributed by atoms with E-state index in [1.54, 1.807) is 0 Å². The van der Waals surface area contributed by atoms with Crippen molar-refractivity contribution in [1.29, 1.82) is 0 Å². The van der Waals surface area contributed by atoms with Crippen LogP contribution in [-0.4, -0.2) is 32.8 Å². The lowest BCUT2D eigenvalue weighted by Gasteiger charge is -2.20. The van der Waals surface area contributed by atoms with Gasteiger partial charge in [-0.25, -0.2) is 19.7 Å². The van der Waals surface area contributed by atoms with Crippen LogP contribution < -0.4 is 5.32 Å². The minimum atomic E-state index is -0.432.